The van der Waals surface area contributed by atoms with Gasteiger partial charge in [0.25, 0.3) is 0 Å². The highest BCUT2D eigenvalue weighted by atomic mass is 16.5. The minimum atomic E-state index is 0.0837. The van der Waals surface area contributed by atoms with Gasteiger partial charge in [-0.15, -0.1) is 0 Å². The van der Waals surface area contributed by atoms with Crippen molar-refractivity contribution in [2.24, 2.45) is 5.92 Å². The van der Waals surface area contributed by atoms with Crippen LogP contribution in [0, 0.1) is 5.92 Å². The van der Waals surface area contributed by atoms with Gasteiger partial charge in [-0.05, 0) is 67.4 Å². The highest BCUT2D eigenvalue weighted by Gasteiger charge is 2.39. The van der Waals surface area contributed by atoms with Crippen molar-refractivity contribution in [3.05, 3.63) is 53.6 Å². The summed E-state index contributed by atoms with van der Waals surface area (Å²) in [7, 11) is 1.74. The number of nitrogens with one attached hydrogen (secondary N) is 2. The van der Waals surface area contributed by atoms with Crippen molar-refractivity contribution in [2.45, 2.75) is 31.6 Å². The minimum Gasteiger partial charge on any atom is -0.496 e. The van der Waals surface area contributed by atoms with Crippen molar-refractivity contribution in [1.29, 1.82) is 0 Å². The van der Waals surface area contributed by atoms with Crippen LogP contribution in [-0.2, 0) is 11.2 Å². The van der Waals surface area contributed by atoms with E-state index in [0.717, 1.165) is 43.1 Å². The summed E-state index contributed by atoms with van der Waals surface area (Å²) in [5.74, 6) is 3.22. The maximum Gasteiger partial charge on any atom is 0.224 e. The molecule has 0 saturated heterocycles. The molecule has 2 N–H and O–H groups in total. The molecule has 2 atom stereocenters. The average molecular weight is 380 g/mol. The minimum absolute atomic E-state index is 0.0837. The third kappa shape index (κ3) is 4.47. The van der Waals surface area contributed by atoms with E-state index in [2.05, 4.69) is 22.8 Å². The maximum atomic E-state index is 11.5. The van der Waals surface area contributed by atoms with Crippen molar-refractivity contribution < 1.29 is 14.3 Å². The van der Waals surface area contributed by atoms with Gasteiger partial charge in [-0.2, -0.15) is 0 Å². The summed E-state index contributed by atoms with van der Waals surface area (Å²) in [6.45, 7) is 2.64. The molecule has 5 nitrogen and oxygen atoms in total. The van der Waals surface area contributed by atoms with Gasteiger partial charge in [0.05, 0.1) is 13.7 Å². The number of benzene rings is 2. The highest BCUT2D eigenvalue weighted by Crippen LogP contribution is 2.49. The maximum absolute atomic E-state index is 11.5. The molecule has 5 heteroatoms. The number of fused-ring (bicyclic) bond motifs is 1. The molecule has 28 heavy (non-hydrogen) atoms. The summed E-state index contributed by atoms with van der Waals surface area (Å²) in [5.41, 5.74) is 3.41. The molecule has 2 aliphatic rings. The molecule has 4 rings (SSSR count). The Hall–Kier alpha value is -2.53. The highest BCUT2D eigenvalue weighted by molar-refractivity contribution is 5.94. The second-order valence-electron chi connectivity index (χ2n) is 7.62. The number of hydrogen-bond donors (Lipinski definition) is 2. The lowest BCUT2D eigenvalue weighted by Gasteiger charge is -2.17. The number of carbonyl (C=O) groups excluding carboxylic acids is 1. The van der Waals surface area contributed by atoms with Gasteiger partial charge < -0.3 is 20.1 Å². The molecule has 1 fully saturated rings. The smallest absolute Gasteiger partial charge is 0.224 e. The van der Waals surface area contributed by atoms with Gasteiger partial charge in [-0.25, -0.2) is 0 Å². The van der Waals surface area contributed by atoms with Gasteiger partial charge in [0, 0.05) is 18.2 Å². The number of methoxy groups -OCH3 is 1. The van der Waals surface area contributed by atoms with Gasteiger partial charge in [-0.3, -0.25) is 4.79 Å². The average Bonchev–Trinajstić information content (AvgIpc) is 3.49. The molecule has 2 aromatic carbocycles. The summed E-state index contributed by atoms with van der Waals surface area (Å²) in [5, 5.41) is 6.46. The summed E-state index contributed by atoms with van der Waals surface area (Å²) in [6.07, 6.45) is 3.56. The van der Waals surface area contributed by atoms with E-state index in [1.54, 1.807) is 7.11 Å². The third-order valence-electron chi connectivity index (χ3n) is 5.61. The number of ether oxygens (including phenoxy) is 2. The quantitative estimate of drug-likeness (QED) is 0.651. The Labute approximate surface area is 166 Å². The van der Waals surface area contributed by atoms with Gasteiger partial charge >= 0.3 is 0 Å². The van der Waals surface area contributed by atoms with Crippen LogP contribution >= 0.6 is 0 Å². The van der Waals surface area contributed by atoms with Gasteiger partial charge in [0.15, 0.2) is 0 Å². The zero-order valence-corrected chi connectivity index (χ0v) is 16.4. The van der Waals surface area contributed by atoms with Gasteiger partial charge in [-0.1, -0.05) is 24.3 Å². The third-order valence-corrected chi connectivity index (χ3v) is 5.61. The van der Waals surface area contributed by atoms with Crippen molar-refractivity contribution in [2.75, 3.05) is 32.1 Å². The molecule has 0 spiro atoms. The van der Waals surface area contributed by atoms with Gasteiger partial charge in [0.1, 0.15) is 11.5 Å². The normalized spacial score (nSPS) is 20.2. The number of rotatable bonds is 9. The first-order chi connectivity index (χ1) is 13.7. The number of hydrogen-bond acceptors (Lipinski definition) is 4. The Morgan fingerprint density at radius 2 is 2.07 bits per heavy atom. The zero-order chi connectivity index (χ0) is 19.3. The topological polar surface area (TPSA) is 59.6 Å². The van der Waals surface area contributed by atoms with Crippen molar-refractivity contribution in [1.82, 2.24) is 5.32 Å². The van der Waals surface area contributed by atoms with Crippen molar-refractivity contribution in [3.8, 4) is 11.5 Å². The van der Waals surface area contributed by atoms with E-state index in [1.807, 2.05) is 30.3 Å². The fourth-order valence-corrected chi connectivity index (χ4v) is 3.94. The molecular formula is C23H28N2O3. The summed E-state index contributed by atoms with van der Waals surface area (Å²) < 4.78 is 11.3. The molecule has 1 amide bonds. The second kappa shape index (κ2) is 8.65. The fourth-order valence-electron chi connectivity index (χ4n) is 3.94. The number of aryl methyl sites for hydroxylation is 1. The number of para-hydroxylation sites is 1. The van der Waals surface area contributed by atoms with E-state index in [4.69, 9.17) is 9.47 Å². The van der Waals surface area contributed by atoms with E-state index in [0.29, 0.717) is 24.9 Å². The van der Waals surface area contributed by atoms with Crippen LogP contribution in [0.3, 0.4) is 0 Å². The van der Waals surface area contributed by atoms with Crippen molar-refractivity contribution >= 4 is 11.6 Å². The molecule has 1 heterocycles. The van der Waals surface area contributed by atoms with Crippen LogP contribution < -0.4 is 20.1 Å². The second-order valence-corrected chi connectivity index (χ2v) is 7.62. The Kier molecular flexibility index (Phi) is 5.81. The molecule has 0 aromatic heterocycles. The summed E-state index contributed by atoms with van der Waals surface area (Å²) in [6, 6.07) is 14.3. The Balaban J connectivity index is 1.14. The largest absolute Gasteiger partial charge is 0.496 e. The molecule has 0 unspecified atom stereocenters. The standard InChI is InChI=1S/C23H28N2O3/c1-27-22-6-3-2-5-19(22)20-13-17(20)15-24-11-4-12-28-18-9-7-16-8-10-23(26)25-21(16)14-18/h2-3,5-7,9,14,17,20,24H,4,8,10-13,15H2,1H3,(H,25,26)/t17-,20+/m0/s1. The first-order valence-electron chi connectivity index (χ1n) is 10.1. The predicted molar refractivity (Wildman–Crippen MR) is 110 cm³/mol. The Morgan fingerprint density at radius 1 is 1.18 bits per heavy atom. The van der Waals surface area contributed by atoms with Crippen LogP contribution in [-0.4, -0.2) is 32.7 Å². The van der Waals surface area contributed by atoms with E-state index in [9.17, 15) is 4.79 Å². The molecule has 0 radical (unpaired) electrons. The lowest BCUT2D eigenvalue weighted by atomic mass is 10.0. The fraction of sp³-hybridized carbons (Fsp3) is 0.435. The molecule has 1 saturated carbocycles. The van der Waals surface area contributed by atoms with E-state index < -0.39 is 0 Å². The zero-order valence-electron chi connectivity index (χ0n) is 16.4. The first kappa shape index (κ1) is 18.8. The number of amides is 1. The van der Waals surface area contributed by atoms with Gasteiger partial charge in [0.2, 0.25) is 5.91 Å². The van der Waals surface area contributed by atoms with Crippen molar-refractivity contribution in [3.63, 3.8) is 0 Å². The molecular weight excluding hydrogens is 352 g/mol. The van der Waals surface area contributed by atoms with E-state index >= 15 is 0 Å². The first-order valence-corrected chi connectivity index (χ1v) is 10.1. The Morgan fingerprint density at radius 3 is 2.96 bits per heavy atom. The Bertz CT molecular complexity index is 836. The monoisotopic (exact) mass is 380 g/mol. The molecule has 2 aromatic rings. The van der Waals surface area contributed by atoms with Crippen LogP contribution in [0.4, 0.5) is 5.69 Å². The lowest BCUT2D eigenvalue weighted by molar-refractivity contribution is -0.116. The van der Waals surface area contributed by atoms with E-state index in [-0.39, 0.29) is 5.91 Å². The summed E-state index contributed by atoms with van der Waals surface area (Å²) in [4.78, 5) is 11.5. The van der Waals surface area contributed by atoms with Crippen LogP contribution in [0.2, 0.25) is 0 Å². The summed E-state index contributed by atoms with van der Waals surface area (Å²) >= 11 is 0. The number of anilines is 1. The van der Waals surface area contributed by atoms with Crippen LogP contribution in [0.25, 0.3) is 0 Å². The van der Waals surface area contributed by atoms with Crippen LogP contribution in [0.15, 0.2) is 42.5 Å². The predicted octanol–water partition coefficient (Wildman–Crippen LogP) is 3.74. The lowest BCUT2D eigenvalue weighted by Crippen LogP contribution is -2.20. The molecule has 1 aliphatic carbocycles. The SMILES string of the molecule is COc1ccccc1[C@@H]1C[C@H]1CNCCCOc1ccc2c(c1)NC(=O)CC2. The van der Waals surface area contributed by atoms with Crippen LogP contribution in [0.1, 0.15) is 36.3 Å². The van der Waals surface area contributed by atoms with E-state index in [1.165, 1.54) is 17.5 Å². The van der Waals surface area contributed by atoms with Crippen LogP contribution in [0.5, 0.6) is 11.5 Å². The molecule has 148 valence electrons. The molecule has 1 aliphatic heterocycles. The molecule has 0 bridgehead atoms. The number of carbonyl (C=O) groups is 1.